The van der Waals surface area contributed by atoms with E-state index in [9.17, 15) is 14.4 Å². The van der Waals surface area contributed by atoms with Crippen molar-refractivity contribution in [2.24, 2.45) is 0 Å². The monoisotopic (exact) mass is 375 g/mol. The van der Waals surface area contributed by atoms with E-state index in [4.69, 9.17) is 14.3 Å². The van der Waals surface area contributed by atoms with Gasteiger partial charge in [-0.2, -0.15) is 0 Å². The van der Waals surface area contributed by atoms with Crippen LogP contribution >= 0.6 is 0 Å². The second-order valence-electron chi connectivity index (χ2n) is 6.46. The van der Waals surface area contributed by atoms with Gasteiger partial charge in [0.2, 0.25) is 0 Å². The highest BCUT2D eigenvalue weighted by Crippen LogP contribution is 2.29. The van der Waals surface area contributed by atoms with Gasteiger partial charge >= 0.3 is 11.6 Å². The third kappa shape index (κ3) is 4.67. The lowest BCUT2D eigenvalue weighted by Crippen LogP contribution is -2.46. The van der Waals surface area contributed by atoms with E-state index in [1.54, 1.807) is 26.0 Å². The number of amides is 1. The second kappa shape index (κ2) is 8.70. The highest BCUT2D eigenvalue weighted by molar-refractivity contribution is 5.87. The molecule has 7 heteroatoms. The molecule has 0 fully saturated rings. The topological polar surface area (TPSA) is 106 Å². The van der Waals surface area contributed by atoms with Gasteiger partial charge < -0.3 is 19.6 Å². The molecule has 0 spiro atoms. The molecule has 0 radical (unpaired) electrons. The van der Waals surface area contributed by atoms with Gasteiger partial charge in [-0.3, -0.25) is 4.79 Å². The quantitative estimate of drug-likeness (QED) is 0.687. The molecule has 27 heavy (non-hydrogen) atoms. The fourth-order valence-electron chi connectivity index (χ4n) is 2.91. The molecular weight excluding hydrogens is 350 g/mol. The molecule has 0 saturated heterocycles. The SMILES string of the molecule is CCC[C@H](NC(=O)[C@H](C)Oc1ccc2c(CC)cc(=O)oc2c1C)C(=O)O. The maximum atomic E-state index is 12.3. The zero-order valence-electron chi connectivity index (χ0n) is 16.0. The van der Waals surface area contributed by atoms with Crippen molar-refractivity contribution in [3.8, 4) is 5.75 Å². The van der Waals surface area contributed by atoms with Crippen LogP contribution in [0.4, 0.5) is 0 Å². The smallest absolute Gasteiger partial charge is 0.336 e. The van der Waals surface area contributed by atoms with Crippen molar-refractivity contribution in [2.45, 2.75) is 59.1 Å². The van der Waals surface area contributed by atoms with Crippen LogP contribution in [0.1, 0.15) is 44.7 Å². The zero-order chi connectivity index (χ0) is 20.1. The third-order valence-corrected chi connectivity index (χ3v) is 4.44. The summed E-state index contributed by atoms with van der Waals surface area (Å²) >= 11 is 0. The van der Waals surface area contributed by atoms with E-state index in [0.717, 1.165) is 10.9 Å². The van der Waals surface area contributed by atoms with Crippen molar-refractivity contribution in [3.63, 3.8) is 0 Å². The Balaban J connectivity index is 2.25. The van der Waals surface area contributed by atoms with Gasteiger partial charge in [-0.1, -0.05) is 20.3 Å². The minimum absolute atomic E-state index is 0.341. The lowest BCUT2D eigenvalue weighted by molar-refractivity contribution is -0.143. The molecule has 1 heterocycles. The van der Waals surface area contributed by atoms with E-state index in [1.807, 2.05) is 13.8 Å². The largest absolute Gasteiger partial charge is 0.480 e. The van der Waals surface area contributed by atoms with E-state index in [2.05, 4.69) is 5.32 Å². The van der Waals surface area contributed by atoms with Gasteiger partial charge in [0.25, 0.3) is 5.91 Å². The molecule has 1 aromatic heterocycles. The first-order valence-corrected chi connectivity index (χ1v) is 9.04. The molecule has 0 unspecified atom stereocenters. The van der Waals surface area contributed by atoms with Crippen LogP contribution < -0.4 is 15.7 Å². The van der Waals surface area contributed by atoms with Crippen molar-refractivity contribution < 1.29 is 23.8 Å². The van der Waals surface area contributed by atoms with Crippen molar-refractivity contribution in [2.75, 3.05) is 0 Å². The van der Waals surface area contributed by atoms with Crippen LogP contribution in [0.15, 0.2) is 27.4 Å². The summed E-state index contributed by atoms with van der Waals surface area (Å²) in [7, 11) is 0. The van der Waals surface area contributed by atoms with Gasteiger partial charge in [-0.05, 0) is 44.4 Å². The Hall–Kier alpha value is -2.83. The van der Waals surface area contributed by atoms with Gasteiger partial charge in [0.05, 0.1) is 0 Å². The lowest BCUT2D eigenvalue weighted by Gasteiger charge is -2.19. The Morgan fingerprint density at radius 1 is 1.30 bits per heavy atom. The third-order valence-electron chi connectivity index (χ3n) is 4.44. The fraction of sp³-hybridized carbons (Fsp3) is 0.450. The Kier molecular flexibility index (Phi) is 6.60. The summed E-state index contributed by atoms with van der Waals surface area (Å²) in [6, 6.07) is 4.04. The molecule has 2 atom stereocenters. The summed E-state index contributed by atoms with van der Waals surface area (Å²) in [5.41, 5.74) is 1.49. The fourth-order valence-corrected chi connectivity index (χ4v) is 2.91. The summed E-state index contributed by atoms with van der Waals surface area (Å²) in [4.78, 5) is 35.3. The Morgan fingerprint density at radius 3 is 2.59 bits per heavy atom. The standard InChI is InChI=1S/C20H25NO6/c1-5-7-15(20(24)25)21-19(23)12(4)26-16-9-8-14-13(6-2)10-17(22)27-18(14)11(16)3/h8-10,12,15H,5-7H2,1-4H3,(H,21,23)(H,24,25)/t12-,15-/m0/s1. The molecule has 7 nitrogen and oxygen atoms in total. The molecular formula is C20H25NO6. The minimum atomic E-state index is -1.08. The van der Waals surface area contributed by atoms with Gasteiger partial charge in [-0.15, -0.1) is 0 Å². The number of ether oxygens (including phenoxy) is 1. The van der Waals surface area contributed by atoms with Gasteiger partial charge in [0, 0.05) is 17.0 Å². The minimum Gasteiger partial charge on any atom is -0.480 e. The molecule has 0 aliphatic carbocycles. The van der Waals surface area contributed by atoms with Crippen LogP contribution in [0.25, 0.3) is 11.0 Å². The van der Waals surface area contributed by atoms with E-state index >= 15 is 0 Å². The molecule has 2 N–H and O–H groups in total. The molecule has 2 aromatic rings. The first-order chi connectivity index (χ1) is 12.8. The zero-order valence-corrected chi connectivity index (χ0v) is 16.0. The average Bonchev–Trinajstić information content (AvgIpc) is 2.63. The van der Waals surface area contributed by atoms with Gasteiger partial charge in [0.1, 0.15) is 17.4 Å². The van der Waals surface area contributed by atoms with Crippen LogP contribution in [0.2, 0.25) is 0 Å². The number of carboxylic acid groups (broad SMARTS) is 1. The number of hydrogen-bond acceptors (Lipinski definition) is 5. The first kappa shape index (κ1) is 20.5. The molecule has 1 aromatic carbocycles. The number of aryl methyl sites for hydroxylation is 2. The van der Waals surface area contributed by atoms with Gasteiger partial charge in [-0.25, -0.2) is 9.59 Å². The van der Waals surface area contributed by atoms with Crippen molar-refractivity contribution in [3.05, 3.63) is 39.7 Å². The van der Waals surface area contributed by atoms with E-state index < -0.39 is 29.6 Å². The van der Waals surface area contributed by atoms with Crippen molar-refractivity contribution >= 4 is 22.8 Å². The van der Waals surface area contributed by atoms with Crippen molar-refractivity contribution in [1.29, 1.82) is 0 Å². The first-order valence-electron chi connectivity index (χ1n) is 9.04. The Labute approximate surface area is 157 Å². The summed E-state index contributed by atoms with van der Waals surface area (Å²) in [6.07, 6.45) is 0.762. The molecule has 146 valence electrons. The molecule has 1 amide bonds. The van der Waals surface area contributed by atoms with Crippen LogP contribution in [0, 0.1) is 6.92 Å². The summed E-state index contributed by atoms with van der Waals surface area (Å²) in [5, 5.41) is 12.5. The molecule has 0 aliphatic heterocycles. The predicted octanol–water partition coefficient (Wildman–Crippen LogP) is 2.80. The highest BCUT2D eigenvalue weighted by atomic mass is 16.5. The molecule has 2 rings (SSSR count). The number of aliphatic carboxylic acids is 1. The van der Waals surface area contributed by atoms with Crippen LogP contribution in [0.3, 0.4) is 0 Å². The van der Waals surface area contributed by atoms with E-state index in [0.29, 0.717) is 36.2 Å². The second-order valence-corrected chi connectivity index (χ2v) is 6.46. The lowest BCUT2D eigenvalue weighted by atomic mass is 10.0. The number of carbonyl (C=O) groups is 2. The maximum absolute atomic E-state index is 12.3. The summed E-state index contributed by atoms with van der Waals surface area (Å²) in [6.45, 7) is 7.10. The van der Waals surface area contributed by atoms with E-state index in [1.165, 1.54) is 6.07 Å². The van der Waals surface area contributed by atoms with Crippen LogP contribution in [-0.2, 0) is 16.0 Å². The number of nitrogens with one attached hydrogen (secondary N) is 1. The predicted molar refractivity (Wildman–Crippen MR) is 101 cm³/mol. The average molecular weight is 375 g/mol. The number of fused-ring (bicyclic) bond motifs is 1. The normalized spacial score (nSPS) is 13.2. The Bertz CT molecular complexity index is 901. The van der Waals surface area contributed by atoms with Gasteiger partial charge in [0.15, 0.2) is 6.10 Å². The highest BCUT2D eigenvalue weighted by Gasteiger charge is 2.24. The van der Waals surface area contributed by atoms with Crippen molar-refractivity contribution in [1.82, 2.24) is 5.32 Å². The van der Waals surface area contributed by atoms with Crippen LogP contribution in [0.5, 0.6) is 5.75 Å². The summed E-state index contributed by atoms with van der Waals surface area (Å²) in [5.74, 6) is -1.18. The number of benzene rings is 1. The number of rotatable bonds is 8. The van der Waals surface area contributed by atoms with E-state index in [-0.39, 0.29) is 0 Å². The molecule has 0 aliphatic rings. The maximum Gasteiger partial charge on any atom is 0.336 e. The molecule has 0 saturated carbocycles. The molecule has 0 bridgehead atoms. The number of carboxylic acids is 1. The summed E-state index contributed by atoms with van der Waals surface area (Å²) < 4.78 is 11.1. The Morgan fingerprint density at radius 2 is 2.00 bits per heavy atom. The number of hydrogen-bond donors (Lipinski definition) is 2. The van der Waals surface area contributed by atoms with Crippen LogP contribution in [-0.4, -0.2) is 29.1 Å². The number of carbonyl (C=O) groups excluding carboxylic acids is 1.